The molecule has 0 aliphatic heterocycles. The van der Waals surface area contributed by atoms with E-state index in [1.54, 1.807) is 31.2 Å². The molecular weight excluding hydrogens is 222 g/mol. The number of hydrogen-bond acceptors (Lipinski definition) is 4. The van der Waals surface area contributed by atoms with Gasteiger partial charge in [0.2, 0.25) is 5.91 Å². The van der Waals surface area contributed by atoms with Crippen molar-refractivity contribution in [2.24, 2.45) is 11.5 Å². The highest BCUT2D eigenvalue weighted by atomic mass is 16.5. The highest BCUT2D eigenvalue weighted by Gasteiger charge is 2.07. The van der Waals surface area contributed by atoms with Crippen LogP contribution in [0.3, 0.4) is 0 Å². The van der Waals surface area contributed by atoms with Gasteiger partial charge in [0.05, 0.1) is 6.04 Å². The highest BCUT2D eigenvalue weighted by Crippen LogP contribution is 2.15. The minimum Gasteiger partial charge on any atom is -0.484 e. The van der Waals surface area contributed by atoms with Gasteiger partial charge in [0.1, 0.15) is 5.75 Å². The second kappa shape index (κ2) is 5.86. The molecule has 0 fully saturated rings. The van der Waals surface area contributed by atoms with E-state index in [1.165, 1.54) is 0 Å². The third-order valence-electron chi connectivity index (χ3n) is 1.92. The summed E-state index contributed by atoms with van der Waals surface area (Å²) in [7, 11) is 0. The normalized spacial score (nSPS) is 11.6. The first-order valence-corrected chi connectivity index (χ1v) is 5.06. The lowest BCUT2D eigenvalue weighted by Crippen LogP contribution is -2.32. The Kier molecular flexibility index (Phi) is 4.47. The van der Waals surface area contributed by atoms with Crippen LogP contribution in [0.2, 0.25) is 0 Å². The van der Waals surface area contributed by atoms with Crippen LogP contribution in [-0.2, 0) is 9.59 Å². The predicted molar refractivity (Wildman–Crippen MR) is 63.4 cm³/mol. The number of nitrogens with two attached hydrogens (primary N) is 2. The average Bonchev–Trinajstić information content (AvgIpc) is 2.28. The minimum absolute atomic E-state index is 0.175. The molecule has 92 valence electrons. The largest absolute Gasteiger partial charge is 0.484 e. The molecule has 1 aromatic rings. The monoisotopic (exact) mass is 237 g/mol. The number of rotatable bonds is 5. The van der Waals surface area contributed by atoms with Gasteiger partial charge in [-0.3, -0.25) is 9.59 Å². The van der Waals surface area contributed by atoms with Crippen molar-refractivity contribution in [3.63, 3.8) is 0 Å². The lowest BCUT2D eigenvalue weighted by molar-refractivity contribution is -0.120. The number of ether oxygens (including phenoxy) is 1. The van der Waals surface area contributed by atoms with E-state index < -0.39 is 11.9 Å². The van der Waals surface area contributed by atoms with Gasteiger partial charge in [-0.25, -0.2) is 0 Å². The predicted octanol–water partition coefficient (Wildman–Crippen LogP) is -0.164. The lowest BCUT2D eigenvalue weighted by Gasteiger charge is -2.08. The van der Waals surface area contributed by atoms with E-state index in [4.69, 9.17) is 16.2 Å². The van der Waals surface area contributed by atoms with Gasteiger partial charge in [0.15, 0.2) is 6.61 Å². The van der Waals surface area contributed by atoms with Crippen LogP contribution in [0, 0.1) is 0 Å². The van der Waals surface area contributed by atoms with Gasteiger partial charge in [-0.1, -0.05) is 0 Å². The Bertz CT molecular complexity index is 401. The van der Waals surface area contributed by atoms with Crippen molar-refractivity contribution in [3.05, 3.63) is 24.3 Å². The molecule has 1 aromatic carbocycles. The van der Waals surface area contributed by atoms with Gasteiger partial charge in [-0.05, 0) is 31.2 Å². The van der Waals surface area contributed by atoms with Crippen molar-refractivity contribution >= 4 is 17.5 Å². The zero-order chi connectivity index (χ0) is 12.8. The van der Waals surface area contributed by atoms with Crippen molar-refractivity contribution in [1.29, 1.82) is 0 Å². The quantitative estimate of drug-likeness (QED) is 0.661. The average molecular weight is 237 g/mol. The molecule has 0 radical (unpaired) electrons. The standard InChI is InChI=1S/C11H15N3O3/c1-7(12)11(16)14-8-2-4-9(5-3-8)17-6-10(13)15/h2-5,7H,6,12H2,1H3,(H2,13,15)(H,14,16). The molecule has 17 heavy (non-hydrogen) atoms. The Labute approximate surface area is 98.9 Å². The number of benzene rings is 1. The van der Waals surface area contributed by atoms with Crippen LogP contribution in [0.25, 0.3) is 0 Å². The molecular formula is C11H15N3O3. The van der Waals surface area contributed by atoms with Crippen LogP contribution < -0.4 is 21.5 Å². The van der Waals surface area contributed by atoms with E-state index in [9.17, 15) is 9.59 Å². The van der Waals surface area contributed by atoms with E-state index in [0.717, 1.165) is 0 Å². The number of hydrogen-bond donors (Lipinski definition) is 3. The van der Waals surface area contributed by atoms with E-state index in [1.807, 2.05) is 0 Å². The molecule has 0 bridgehead atoms. The van der Waals surface area contributed by atoms with E-state index >= 15 is 0 Å². The summed E-state index contributed by atoms with van der Waals surface area (Å²) in [5.74, 6) is -0.308. The number of carbonyl (C=O) groups excluding carboxylic acids is 2. The number of primary amides is 1. The third-order valence-corrected chi connectivity index (χ3v) is 1.92. The Morgan fingerprint density at radius 3 is 2.41 bits per heavy atom. The molecule has 1 rings (SSSR count). The molecule has 2 amide bonds. The van der Waals surface area contributed by atoms with E-state index in [-0.39, 0.29) is 12.5 Å². The molecule has 0 aliphatic carbocycles. The minimum atomic E-state index is -0.569. The van der Waals surface area contributed by atoms with Crippen molar-refractivity contribution in [2.45, 2.75) is 13.0 Å². The van der Waals surface area contributed by atoms with Gasteiger partial charge in [-0.2, -0.15) is 0 Å². The van der Waals surface area contributed by atoms with Gasteiger partial charge in [0, 0.05) is 5.69 Å². The molecule has 6 heteroatoms. The van der Waals surface area contributed by atoms with Crippen LogP contribution in [-0.4, -0.2) is 24.5 Å². The van der Waals surface area contributed by atoms with Crippen molar-refractivity contribution in [2.75, 3.05) is 11.9 Å². The molecule has 1 unspecified atom stereocenters. The fourth-order valence-corrected chi connectivity index (χ4v) is 1.05. The lowest BCUT2D eigenvalue weighted by atomic mass is 10.2. The van der Waals surface area contributed by atoms with Gasteiger partial charge < -0.3 is 21.5 Å². The van der Waals surface area contributed by atoms with Crippen molar-refractivity contribution in [3.8, 4) is 5.75 Å². The van der Waals surface area contributed by atoms with Crippen molar-refractivity contribution in [1.82, 2.24) is 0 Å². The summed E-state index contributed by atoms with van der Waals surface area (Å²) >= 11 is 0. The number of nitrogens with one attached hydrogen (secondary N) is 1. The van der Waals surface area contributed by atoms with Gasteiger partial charge >= 0.3 is 0 Å². The summed E-state index contributed by atoms with van der Waals surface area (Å²) in [6, 6.07) is 5.98. The Balaban J connectivity index is 2.56. The topological polar surface area (TPSA) is 107 Å². The summed E-state index contributed by atoms with van der Waals surface area (Å²) in [5, 5.41) is 2.62. The second-order valence-electron chi connectivity index (χ2n) is 3.56. The molecule has 0 saturated heterocycles. The maximum atomic E-state index is 11.3. The van der Waals surface area contributed by atoms with E-state index in [0.29, 0.717) is 11.4 Å². The highest BCUT2D eigenvalue weighted by molar-refractivity contribution is 5.94. The van der Waals surface area contributed by atoms with Crippen LogP contribution in [0.5, 0.6) is 5.75 Å². The Morgan fingerprint density at radius 2 is 1.94 bits per heavy atom. The molecule has 1 atom stereocenters. The molecule has 0 spiro atoms. The zero-order valence-corrected chi connectivity index (χ0v) is 9.47. The molecule has 0 aliphatic rings. The molecule has 0 heterocycles. The first-order valence-electron chi connectivity index (χ1n) is 5.06. The zero-order valence-electron chi connectivity index (χ0n) is 9.47. The summed E-state index contributed by atoms with van der Waals surface area (Å²) in [6.07, 6.45) is 0. The maximum Gasteiger partial charge on any atom is 0.255 e. The summed E-state index contributed by atoms with van der Waals surface area (Å²) in [6.45, 7) is 1.42. The fraction of sp³-hybridized carbons (Fsp3) is 0.273. The Hall–Kier alpha value is -2.08. The SMILES string of the molecule is CC(N)C(=O)Nc1ccc(OCC(N)=O)cc1. The first-order chi connectivity index (χ1) is 7.99. The van der Waals surface area contributed by atoms with Crippen LogP contribution in [0.1, 0.15) is 6.92 Å². The molecule has 0 saturated carbocycles. The Morgan fingerprint density at radius 1 is 1.35 bits per heavy atom. The summed E-state index contributed by atoms with van der Waals surface area (Å²) < 4.78 is 5.06. The molecule has 5 N–H and O–H groups in total. The fourth-order valence-electron chi connectivity index (χ4n) is 1.05. The third kappa shape index (κ3) is 4.52. The van der Waals surface area contributed by atoms with Gasteiger partial charge in [0.25, 0.3) is 5.91 Å². The number of amides is 2. The maximum absolute atomic E-state index is 11.3. The van der Waals surface area contributed by atoms with Crippen LogP contribution in [0.15, 0.2) is 24.3 Å². The second-order valence-corrected chi connectivity index (χ2v) is 3.56. The number of anilines is 1. The van der Waals surface area contributed by atoms with Crippen LogP contribution >= 0.6 is 0 Å². The van der Waals surface area contributed by atoms with Gasteiger partial charge in [-0.15, -0.1) is 0 Å². The number of carbonyl (C=O) groups is 2. The molecule has 6 nitrogen and oxygen atoms in total. The van der Waals surface area contributed by atoms with Crippen LogP contribution in [0.4, 0.5) is 5.69 Å². The smallest absolute Gasteiger partial charge is 0.255 e. The summed E-state index contributed by atoms with van der Waals surface area (Å²) in [5.41, 5.74) is 11.0. The molecule has 0 aromatic heterocycles. The van der Waals surface area contributed by atoms with Crippen molar-refractivity contribution < 1.29 is 14.3 Å². The summed E-state index contributed by atoms with van der Waals surface area (Å²) in [4.78, 5) is 21.8. The first kappa shape index (κ1) is 13.0. The van der Waals surface area contributed by atoms with E-state index in [2.05, 4.69) is 5.32 Å².